The Morgan fingerprint density at radius 2 is 1.96 bits per heavy atom. The Kier molecular flexibility index (Phi) is 5.04. The van der Waals surface area contributed by atoms with Crippen molar-refractivity contribution in [2.75, 3.05) is 13.2 Å². The van der Waals surface area contributed by atoms with Crippen LogP contribution in [0.15, 0.2) is 48.5 Å². The average Bonchev–Trinajstić information content (AvgIpc) is 2.60. The van der Waals surface area contributed by atoms with Crippen molar-refractivity contribution in [3.63, 3.8) is 0 Å². The molecule has 0 saturated heterocycles. The molecular formula is C20H23NO3. The first-order valence-corrected chi connectivity index (χ1v) is 8.39. The van der Waals surface area contributed by atoms with Gasteiger partial charge in [0.2, 0.25) is 0 Å². The number of carbonyl (C=O) groups is 1. The summed E-state index contributed by atoms with van der Waals surface area (Å²) < 4.78 is 11.3. The van der Waals surface area contributed by atoms with Crippen LogP contribution in [0.1, 0.15) is 42.2 Å². The summed E-state index contributed by atoms with van der Waals surface area (Å²) in [4.78, 5) is 12.5. The second-order valence-electron chi connectivity index (χ2n) is 6.43. The van der Waals surface area contributed by atoms with Gasteiger partial charge in [-0.05, 0) is 36.2 Å². The summed E-state index contributed by atoms with van der Waals surface area (Å²) in [5.41, 5.74) is 1.67. The van der Waals surface area contributed by atoms with E-state index >= 15 is 0 Å². The lowest BCUT2D eigenvalue weighted by Crippen LogP contribution is -2.32. The standard InChI is InChI=1S/C20H23NO3/c1-14(2)13-24-16-9-7-15(8-10-16)20(22)21-18-11-12-23-19-6-4-3-5-17(18)19/h3-10,14,18H,11-13H2,1-2H3,(H,21,22). The lowest BCUT2D eigenvalue weighted by molar-refractivity contribution is 0.0924. The maximum atomic E-state index is 12.5. The predicted molar refractivity (Wildman–Crippen MR) is 93.5 cm³/mol. The van der Waals surface area contributed by atoms with Crippen molar-refractivity contribution in [3.05, 3.63) is 59.7 Å². The number of para-hydroxylation sites is 1. The summed E-state index contributed by atoms with van der Waals surface area (Å²) in [5.74, 6) is 2.04. The number of hydrogen-bond donors (Lipinski definition) is 1. The van der Waals surface area contributed by atoms with Crippen LogP contribution in [0.3, 0.4) is 0 Å². The molecule has 2 aromatic carbocycles. The molecule has 1 amide bonds. The molecule has 0 radical (unpaired) electrons. The van der Waals surface area contributed by atoms with Gasteiger partial charge in [-0.15, -0.1) is 0 Å². The van der Waals surface area contributed by atoms with Gasteiger partial charge in [0.05, 0.1) is 19.3 Å². The van der Waals surface area contributed by atoms with E-state index in [2.05, 4.69) is 19.2 Å². The Hall–Kier alpha value is -2.49. The van der Waals surface area contributed by atoms with Gasteiger partial charge in [0.1, 0.15) is 11.5 Å². The summed E-state index contributed by atoms with van der Waals surface area (Å²) >= 11 is 0. The van der Waals surface area contributed by atoms with Crippen LogP contribution in [-0.2, 0) is 0 Å². The maximum Gasteiger partial charge on any atom is 0.251 e. The molecule has 1 N–H and O–H groups in total. The number of amides is 1. The highest BCUT2D eigenvalue weighted by molar-refractivity contribution is 5.94. The fourth-order valence-corrected chi connectivity index (χ4v) is 2.70. The number of benzene rings is 2. The van der Waals surface area contributed by atoms with Gasteiger partial charge in [-0.25, -0.2) is 0 Å². The zero-order valence-corrected chi connectivity index (χ0v) is 14.1. The third kappa shape index (κ3) is 3.88. The average molecular weight is 325 g/mol. The largest absolute Gasteiger partial charge is 0.493 e. The van der Waals surface area contributed by atoms with Gasteiger partial charge in [-0.1, -0.05) is 32.0 Å². The molecule has 1 atom stereocenters. The number of fused-ring (bicyclic) bond motifs is 1. The first kappa shape index (κ1) is 16.4. The number of hydrogen-bond acceptors (Lipinski definition) is 3. The van der Waals surface area contributed by atoms with Crippen molar-refractivity contribution in [2.24, 2.45) is 5.92 Å². The third-order valence-corrected chi connectivity index (χ3v) is 3.96. The minimum Gasteiger partial charge on any atom is -0.493 e. The number of ether oxygens (including phenoxy) is 2. The summed E-state index contributed by atoms with van der Waals surface area (Å²) in [5, 5.41) is 3.10. The van der Waals surface area contributed by atoms with Gasteiger partial charge in [-0.2, -0.15) is 0 Å². The van der Waals surface area contributed by atoms with Crippen LogP contribution in [0.25, 0.3) is 0 Å². The van der Waals surface area contributed by atoms with Crippen LogP contribution in [-0.4, -0.2) is 19.1 Å². The molecule has 0 bridgehead atoms. The summed E-state index contributed by atoms with van der Waals surface area (Å²) in [6, 6.07) is 15.1. The quantitative estimate of drug-likeness (QED) is 0.904. The molecule has 0 aliphatic carbocycles. The van der Waals surface area contributed by atoms with E-state index in [0.717, 1.165) is 23.5 Å². The van der Waals surface area contributed by atoms with E-state index in [9.17, 15) is 4.79 Å². The summed E-state index contributed by atoms with van der Waals surface area (Å²) in [7, 11) is 0. The van der Waals surface area contributed by atoms with Crippen molar-refractivity contribution in [1.29, 1.82) is 0 Å². The van der Waals surface area contributed by atoms with Gasteiger partial charge in [-0.3, -0.25) is 4.79 Å². The van der Waals surface area contributed by atoms with Crippen LogP contribution >= 0.6 is 0 Å². The molecule has 2 aromatic rings. The van der Waals surface area contributed by atoms with Crippen molar-refractivity contribution in [3.8, 4) is 11.5 Å². The van der Waals surface area contributed by atoms with Crippen LogP contribution in [0.4, 0.5) is 0 Å². The van der Waals surface area contributed by atoms with Gasteiger partial charge < -0.3 is 14.8 Å². The van der Waals surface area contributed by atoms with E-state index in [1.807, 2.05) is 36.4 Å². The van der Waals surface area contributed by atoms with Gasteiger partial charge in [0.25, 0.3) is 5.91 Å². The molecular weight excluding hydrogens is 302 g/mol. The van der Waals surface area contributed by atoms with Gasteiger partial charge in [0.15, 0.2) is 0 Å². The van der Waals surface area contributed by atoms with Crippen molar-refractivity contribution in [2.45, 2.75) is 26.3 Å². The highest BCUT2D eigenvalue weighted by Gasteiger charge is 2.23. The molecule has 1 aliphatic rings. The Morgan fingerprint density at radius 3 is 2.71 bits per heavy atom. The minimum atomic E-state index is -0.0767. The van der Waals surface area contributed by atoms with Crippen LogP contribution < -0.4 is 14.8 Å². The first-order chi connectivity index (χ1) is 11.6. The van der Waals surface area contributed by atoms with E-state index in [-0.39, 0.29) is 11.9 Å². The van der Waals surface area contributed by atoms with Gasteiger partial charge in [0, 0.05) is 17.5 Å². The molecule has 24 heavy (non-hydrogen) atoms. The van der Waals surface area contributed by atoms with E-state index in [0.29, 0.717) is 24.7 Å². The summed E-state index contributed by atoms with van der Waals surface area (Å²) in [6.07, 6.45) is 0.776. The Morgan fingerprint density at radius 1 is 1.21 bits per heavy atom. The second kappa shape index (κ2) is 7.39. The van der Waals surface area contributed by atoms with E-state index in [1.165, 1.54) is 0 Å². The summed E-state index contributed by atoms with van der Waals surface area (Å²) in [6.45, 7) is 5.50. The van der Waals surface area contributed by atoms with Crippen LogP contribution in [0.2, 0.25) is 0 Å². The Labute approximate surface area is 142 Å². The molecule has 0 fully saturated rings. The predicted octanol–water partition coefficient (Wildman–Crippen LogP) is 3.98. The monoisotopic (exact) mass is 325 g/mol. The highest BCUT2D eigenvalue weighted by Crippen LogP contribution is 2.31. The molecule has 4 nitrogen and oxygen atoms in total. The minimum absolute atomic E-state index is 0.0145. The maximum absolute atomic E-state index is 12.5. The SMILES string of the molecule is CC(C)COc1ccc(C(=O)NC2CCOc3ccccc32)cc1. The van der Waals surface area contributed by atoms with Gasteiger partial charge >= 0.3 is 0 Å². The number of rotatable bonds is 5. The molecule has 0 aromatic heterocycles. The number of carbonyl (C=O) groups excluding carboxylic acids is 1. The zero-order valence-electron chi connectivity index (χ0n) is 14.1. The molecule has 126 valence electrons. The van der Waals surface area contributed by atoms with Crippen LogP contribution in [0, 0.1) is 5.92 Å². The lowest BCUT2D eigenvalue weighted by atomic mass is 10.00. The molecule has 4 heteroatoms. The Balaban J connectivity index is 1.65. The first-order valence-electron chi connectivity index (χ1n) is 8.39. The third-order valence-electron chi connectivity index (χ3n) is 3.96. The molecule has 0 spiro atoms. The highest BCUT2D eigenvalue weighted by atomic mass is 16.5. The van der Waals surface area contributed by atoms with E-state index < -0.39 is 0 Å². The van der Waals surface area contributed by atoms with Crippen LogP contribution in [0.5, 0.6) is 11.5 Å². The zero-order chi connectivity index (χ0) is 16.9. The molecule has 0 saturated carbocycles. The van der Waals surface area contributed by atoms with Crippen molar-refractivity contribution < 1.29 is 14.3 Å². The molecule has 1 unspecified atom stereocenters. The molecule has 1 heterocycles. The van der Waals surface area contributed by atoms with Crippen molar-refractivity contribution in [1.82, 2.24) is 5.32 Å². The second-order valence-corrected chi connectivity index (χ2v) is 6.43. The van der Waals surface area contributed by atoms with E-state index in [4.69, 9.17) is 9.47 Å². The fourth-order valence-electron chi connectivity index (χ4n) is 2.70. The normalized spacial score (nSPS) is 16.2. The number of nitrogens with one attached hydrogen (secondary N) is 1. The Bertz CT molecular complexity index is 694. The smallest absolute Gasteiger partial charge is 0.251 e. The fraction of sp³-hybridized carbons (Fsp3) is 0.350. The molecule has 3 rings (SSSR count). The van der Waals surface area contributed by atoms with E-state index in [1.54, 1.807) is 12.1 Å². The molecule has 1 aliphatic heterocycles. The van der Waals surface area contributed by atoms with Crippen molar-refractivity contribution >= 4 is 5.91 Å². The topological polar surface area (TPSA) is 47.6 Å². The lowest BCUT2D eigenvalue weighted by Gasteiger charge is -2.26.